The first-order valence-electron chi connectivity index (χ1n) is 3.55. The van der Waals surface area contributed by atoms with E-state index in [0.29, 0.717) is 0 Å². The summed E-state index contributed by atoms with van der Waals surface area (Å²) < 4.78 is 0. The zero-order chi connectivity index (χ0) is 6.81. The molecule has 2 N–H and O–H groups in total. The van der Waals surface area contributed by atoms with Gasteiger partial charge in [0.25, 0.3) is 0 Å². The quantitative estimate of drug-likeness (QED) is 0.520. The fourth-order valence-corrected chi connectivity index (χ4v) is 1.21. The Morgan fingerprint density at radius 1 is 0.900 bits per heavy atom. The maximum Gasteiger partial charge on any atom is 0.0575 e. The predicted octanol–water partition coefficient (Wildman–Crippen LogP) is 1.21. The van der Waals surface area contributed by atoms with Crippen LogP contribution in [0.4, 0.5) is 0 Å². The summed E-state index contributed by atoms with van der Waals surface area (Å²) in [6.45, 7) is 0. The van der Waals surface area contributed by atoms with Crippen molar-refractivity contribution >= 4 is 0 Å². The number of fused-ring (bicyclic) bond motifs is 1. The van der Waals surface area contributed by atoms with Crippen LogP contribution in [-0.4, -0.2) is 0 Å². The molecule has 0 unspecified atom stereocenters. The Morgan fingerprint density at radius 2 is 1.40 bits per heavy atom. The second-order valence-corrected chi connectivity index (χ2v) is 2.43. The molecule has 0 aromatic heterocycles. The molecule has 2 heteroatoms. The van der Waals surface area contributed by atoms with Gasteiger partial charge in [-0.1, -0.05) is 12.2 Å². The fraction of sp³-hybridized carbons (Fsp3) is 0.250. The van der Waals surface area contributed by atoms with Crippen LogP contribution < -0.4 is 10.6 Å². The van der Waals surface area contributed by atoms with Gasteiger partial charge in [0.05, 0.1) is 11.4 Å². The number of hydrogen-bond acceptors (Lipinski definition) is 2. The molecular formula is C8H10N2. The first-order chi connectivity index (χ1) is 4.97. The van der Waals surface area contributed by atoms with Crippen LogP contribution in [-0.2, 0) is 0 Å². The molecule has 0 amide bonds. The molecule has 0 radical (unpaired) electrons. The highest BCUT2D eigenvalue weighted by Crippen LogP contribution is 2.15. The van der Waals surface area contributed by atoms with Crippen LogP contribution in [0.1, 0.15) is 12.8 Å². The Hall–Kier alpha value is -1.18. The third-order valence-electron chi connectivity index (χ3n) is 1.71. The SMILES string of the molecule is C1=CNC2=CCCC=C2N1. The predicted molar refractivity (Wildman–Crippen MR) is 40.8 cm³/mol. The van der Waals surface area contributed by atoms with E-state index < -0.39 is 0 Å². The minimum Gasteiger partial charge on any atom is -0.359 e. The van der Waals surface area contributed by atoms with Crippen LogP contribution in [0.25, 0.3) is 0 Å². The third-order valence-corrected chi connectivity index (χ3v) is 1.71. The van der Waals surface area contributed by atoms with Gasteiger partial charge in [-0.05, 0) is 12.8 Å². The Morgan fingerprint density at radius 3 is 1.90 bits per heavy atom. The molecule has 0 fully saturated rings. The molecule has 0 spiro atoms. The Balaban J connectivity index is 2.30. The lowest BCUT2D eigenvalue weighted by Gasteiger charge is -2.19. The van der Waals surface area contributed by atoms with Crippen molar-refractivity contribution in [2.75, 3.05) is 0 Å². The van der Waals surface area contributed by atoms with E-state index >= 15 is 0 Å². The molecule has 52 valence electrons. The molecule has 1 aliphatic heterocycles. The van der Waals surface area contributed by atoms with Crippen LogP contribution >= 0.6 is 0 Å². The van der Waals surface area contributed by atoms with Gasteiger partial charge in [-0.2, -0.15) is 0 Å². The maximum atomic E-state index is 3.17. The second kappa shape index (κ2) is 2.21. The molecular weight excluding hydrogens is 124 g/mol. The molecule has 0 saturated carbocycles. The summed E-state index contributed by atoms with van der Waals surface area (Å²) in [5, 5.41) is 6.34. The van der Waals surface area contributed by atoms with Crippen molar-refractivity contribution in [2.24, 2.45) is 0 Å². The van der Waals surface area contributed by atoms with Gasteiger partial charge in [0.15, 0.2) is 0 Å². The van der Waals surface area contributed by atoms with Crippen LogP contribution in [0.2, 0.25) is 0 Å². The molecule has 1 heterocycles. The zero-order valence-electron chi connectivity index (χ0n) is 5.72. The number of allylic oxidation sites excluding steroid dienone is 2. The van der Waals surface area contributed by atoms with E-state index in [2.05, 4.69) is 22.8 Å². The van der Waals surface area contributed by atoms with E-state index in [-0.39, 0.29) is 0 Å². The van der Waals surface area contributed by atoms with Gasteiger partial charge in [0.1, 0.15) is 0 Å². The normalized spacial score (nSPS) is 21.6. The Bertz CT molecular complexity index is 199. The molecule has 0 bridgehead atoms. The molecule has 1 aliphatic carbocycles. The lowest BCUT2D eigenvalue weighted by atomic mass is 10.1. The van der Waals surface area contributed by atoms with E-state index in [1.807, 2.05) is 12.4 Å². The summed E-state index contributed by atoms with van der Waals surface area (Å²) in [6.07, 6.45) is 10.6. The molecule has 10 heavy (non-hydrogen) atoms. The first-order valence-corrected chi connectivity index (χ1v) is 3.55. The topological polar surface area (TPSA) is 24.1 Å². The van der Waals surface area contributed by atoms with Gasteiger partial charge in [-0.15, -0.1) is 0 Å². The van der Waals surface area contributed by atoms with Gasteiger partial charge in [-0.25, -0.2) is 0 Å². The first kappa shape index (κ1) is 5.59. The van der Waals surface area contributed by atoms with Crippen molar-refractivity contribution in [1.82, 2.24) is 10.6 Å². The monoisotopic (exact) mass is 134 g/mol. The molecule has 0 aromatic rings. The van der Waals surface area contributed by atoms with E-state index in [9.17, 15) is 0 Å². The Kier molecular flexibility index (Phi) is 1.24. The summed E-state index contributed by atoms with van der Waals surface area (Å²) in [5.74, 6) is 0. The summed E-state index contributed by atoms with van der Waals surface area (Å²) >= 11 is 0. The smallest absolute Gasteiger partial charge is 0.0575 e. The summed E-state index contributed by atoms with van der Waals surface area (Å²) in [5.41, 5.74) is 2.43. The van der Waals surface area contributed by atoms with Crippen LogP contribution in [0.5, 0.6) is 0 Å². The highest BCUT2D eigenvalue weighted by molar-refractivity contribution is 5.35. The molecule has 2 rings (SSSR count). The number of nitrogens with one attached hydrogen (secondary N) is 2. The minimum absolute atomic E-state index is 1.15. The molecule has 0 aromatic carbocycles. The highest BCUT2D eigenvalue weighted by atomic mass is 15.0. The van der Waals surface area contributed by atoms with Gasteiger partial charge in [0, 0.05) is 12.4 Å². The molecule has 2 aliphatic rings. The average molecular weight is 134 g/mol. The maximum absolute atomic E-state index is 3.17. The van der Waals surface area contributed by atoms with E-state index in [0.717, 1.165) is 12.8 Å². The van der Waals surface area contributed by atoms with Crippen LogP contribution in [0, 0.1) is 0 Å². The summed E-state index contributed by atoms with van der Waals surface area (Å²) in [7, 11) is 0. The average Bonchev–Trinajstić information content (AvgIpc) is 2.05. The number of rotatable bonds is 0. The lowest BCUT2D eigenvalue weighted by Crippen LogP contribution is -2.23. The van der Waals surface area contributed by atoms with Crippen LogP contribution in [0.15, 0.2) is 35.9 Å². The zero-order valence-corrected chi connectivity index (χ0v) is 5.72. The summed E-state index contributed by atoms with van der Waals surface area (Å²) in [4.78, 5) is 0. The number of hydrogen-bond donors (Lipinski definition) is 2. The van der Waals surface area contributed by atoms with Gasteiger partial charge in [-0.3, -0.25) is 0 Å². The van der Waals surface area contributed by atoms with Gasteiger partial charge >= 0.3 is 0 Å². The summed E-state index contributed by atoms with van der Waals surface area (Å²) in [6, 6.07) is 0. The van der Waals surface area contributed by atoms with Crippen molar-refractivity contribution in [3.8, 4) is 0 Å². The largest absolute Gasteiger partial charge is 0.359 e. The van der Waals surface area contributed by atoms with Crippen molar-refractivity contribution < 1.29 is 0 Å². The fourth-order valence-electron chi connectivity index (χ4n) is 1.21. The van der Waals surface area contributed by atoms with Gasteiger partial charge < -0.3 is 10.6 Å². The van der Waals surface area contributed by atoms with Crippen molar-refractivity contribution in [3.05, 3.63) is 35.9 Å². The van der Waals surface area contributed by atoms with E-state index in [1.54, 1.807) is 0 Å². The van der Waals surface area contributed by atoms with Crippen molar-refractivity contribution in [3.63, 3.8) is 0 Å². The van der Waals surface area contributed by atoms with Gasteiger partial charge in [0.2, 0.25) is 0 Å². The second-order valence-electron chi connectivity index (χ2n) is 2.43. The third kappa shape index (κ3) is 0.817. The van der Waals surface area contributed by atoms with Crippen molar-refractivity contribution in [2.45, 2.75) is 12.8 Å². The Labute approximate surface area is 60.3 Å². The molecule has 0 saturated heterocycles. The van der Waals surface area contributed by atoms with E-state index in [4.69, 9.17) is 0 Å². The van der Waals surface area contributed by atoms with E-state index in [1.165, 1.54) is 11.4 Å². The molecule has 2 nitrogen and oxygen atoms in total. The minimum atomic E-state index is 1.15. The van der Waals surface area contributed by atoms with Crippen molar-refractivity contribution in [1.29, 1.82) is 0 Å². The molecule has 0 atom stereocenters. The standard InChI is InChI=1S/C8H10N2/c1-2-4-8-7(3-1)9-5-6-10-8/h3-6,9-10H,1-2H2. The van der Waals surface area contributed by atoms with Crippen LogP contribution in [0.3, 0.4) is 0 Å². The lowest BCUT2D eigenvalue weighted by molar-refractivity contribution is 0.849. The highest BCUT2D eigenvalue weighted by Gasteiger charge is 2.07.